The lowest BCUT2D eigenvalue weighted by atomic mass is 10.0. The smallest absolute Gasteiger partial charge is 0.220 e. The summed E-state index contributed by atoms with van der Waals surface area (Å²) in [5.74, 6) is 0.788. The van der Waals surface area contributed by atoms with Crippen LogP contribution in [0.2, 0.25) is 0 Å². The molecule has 0 N–H and O–H groups in total. The Morgan fingerprint density at radius 2 is 2.00 bits per heavy atom. The van der Waals surface area contributed by atoms with Crippen molar-refractivity contribution in [2.24, 2.45) is 0 Å². The number of hydrogen-bond acceptors (Lipinski definition) is 3. The Hall–Kier alpha value is -2.10. The molecule has 0 atom stereocenters. The molecule has 0 radical (unpaired) electrons. The number of aryl methyl sites for hydroxylation is 2. The maximum atomic E-state index is 11.6. The van der Waals surface area contributed by atoms with E-state index < -0.39 is 0 Å². The number of nitrogens with zero attached hydrogens (tertiary/aromatic N) is 2. The minimum Gasteiger partial charge on any atom is -0.356 e. The van der Waals surface area contributed by atoms with E-state index in [9.17, 15) is 4.79 Å². The van der Waals surface area contributed by atoms with Gasteiger partial charge < -0.3 is 9.42 Å². The number of carbonyl (C=O) groups excluding carboxylic acids is 1. The second-order valence-corrected chi connectivity index (χ2v) is 5.74. The van der Waals surface area contributed by atoms with E-state index in [1.165, 1.54) is 5.56 Å². The molecule has 0 saturated heterocycles. The monoisotopic (exact) mass is 286 g/mol. The predicted molar refractivity (Wildman–Crippen MR) is 82.8 cm³/mol. The van der Waals surface area contributed by atoms with E-state index in [1.807, 2.05) is 26.0 Å². The summed E-state index contributed by atoms with van der Waals surface area (Å²) in [5, 5.41) is 4.09. The molecule has 2 rings (SSSR count). The molecule has 0 aliphatic heterocycles. The van der Waals surface area contributed by atoms with Crippen molar-refractivity contribution < 1.29 is 9.32 Å². The van der Waals surface area contributed by atoms with Gasteiger partial charge in [0.15, 0.2) is 5.76 Å². The molecule has 0 aliphatic rings. The quantitative estimate of drug-likeness (QED) is 0.860. The van der Waals surface area contributed by atoms with E-state index in [-0.39, 0.29) is 11.9 Å². The van der Waals surface area contributed by atoms with E-state index in [2.05, 4.69) is 31.1 Å². The van der Waals surface area contributed by atoms with Crippen molar-refractivity contribution in [1.82, 2.24) is 10.1 Å². The lowest BCUT2D eigenvalue weighted by molar-refractivity contribution is -0.131. The summed E-state index contributed by atoms with van der Waals surface area (Å²) in [7, 11) is 0. The summed E-state index contributed by atoms with van der Waals surface area (Å²) < 4.78 is 5.44. The molecular formula is C17H22N2O2. The van der Waals surface area contributed by atoms with Gasteiger partial charge in [0.25, 0.3) is 0 Å². The van der Waals surface area contributed by atoms with Gasteiger partial charge in [-0.05, 0) is 33.3 Å². The average Bonchev–Trinajstić information content (AvgIpc) is 2.83. The lowest BCUT2D eigenvalue weighted by Gasteiger charge is -2.23. The average molecular weight is 286 g/mol. The van der Waals surface area contributed by atoms with Gasteiger partial charge in [0, 0.05) is 24.6 Å². The Labute approximate surface area is 125 Å². The molecule has 4 heteroatoms. The number of carbonyl (C=O) groups is 1. The maximum absolute atomic E-state index is 11.6. The van der Waals surface area contributed by atoms with Gasteiger partial charge in [-0.25, -0.2) is 0 Å². The van der Waals surface area contributed by atoms with Crippen LogP contribution in [0.15, 0.2) is 28.8 Å². The molecule has 2 aromatic rings. The fraction of sp³-hybridized carbons (Fsp3) is 0.412. The molecular weight excluding hydrogens is 264 g/mol. The highest BCUT2D eigenvalue weighted by Crippen LogP contribution is 2.25. The number of benzene rings is 1. The Bertz CT molecular complexity index is 644. The summed E-state index contributed by atoms with van der Waals surface area (Å²) in [6.45, 7) is 10.2. The third-order valence-corrected chi connectivity index (χ3v) is 3.57. The summed E-state index contributed by atoms with van der Waals surface area (Å²) in [4.78, 5) is 13.4. The first kappa shape index (κ1) is 15.3. The third-order valence-electron chi connectivity index (χ3n) is 3.57. The maximum Gasteiger partial charge on any atom is 0.220 e. The Kier molecular flexibility index (Phi) is 4.46. The van der Waals surface area contributed by atoms with Crippen LogP contribution in [0.25, 0.3) is 11.3 Å². The molecule has 21 heavy (non-hydrogen) atoms. The molecule has 1 heterocycles. The van der Waals surface area contributed by atoms with Crippen LogP contribution in [0.3, 0.4) is 0 Å². The molecule has 112 valence electrons. The fourth-order valence-electron chi connectivity index (χ4n) is 2.44. The molecule has 0 saturated carbocycles. The molecule has 0 unspecified atom stereocenters. The molecule has 1 amide bonds. The van der Waals surface area contributed by atoms with Crippen molar-refractivity contribution in [1.29, 1.82) is 0 Å². The van der Waals surface area contributed by atoms with Crippen LogP contribution in [0.5, 0.6) is 0 Å². The zero-order valence-electron chi connectivity index (χ0n) is 13.3. The fourth-order valence-corrected chi connectivity index (χ4v) is 2.44. The number of amides is 1. The van der Waals surface area contributed by atoms with E-state index in [0.29, 0.717) is 6.54 Å². The predicted octanol–water partition coefficient (Wildman–Crippen LogP) is 3.72. The standard InChI is InChI=1S/C17H22N2O2/c1-11(2)19(14(5)20)10-15-9-17(21-18-15)16-7-6-12(3)8-13(16)4/h6-9,11H,10H2,1-5H3. The van der Waals surface area contributed by atoms with Crippen LogP contribution in [0.1, 0.15) is 37.6 Å². The van der Waals surface area contributed by atoms with Gasteiger partial charge in [-0.15, -0.1) is 0 Å². The third kappa shape index (κ3) is 3.51. The van der Waals surface area contributed by atoms with Gasteiger partial charge in [-0.1, -0.05) is 28.9 Å². The molecule has 1 aromatic carbocycles. The van der Waals surface area contributed by atoms with Crippen molar-refractivity contribution in [3.63, 3.8) is 0 Å². The van der Waals surface area contributed by atoms with Gasteiger partial charge >= 0.3 is 0 Å². The van der Waals surface area contributed by atoms with Crippen LogP contribution < -0.4 is 0 Å². The van der Waals surface area contributed by atoms with Crippen molar-refractivity contribution in [2.45, 2.75) is 47.2 Å². The second-order valence-electron chi connectivity index (χ2n) is 5.74. The van der Waals surface area contributed by atoms with Gasteiger partial charge in [0.2, 0.25) is 5.91 Å². The van der Waals surface area contributed by atoms with Crippen LogP contribution in [0.4, 0.5) is 0 Å². The number of rotatable bonds is 4. The van der Waals surface area contributed by atoms with Crippen LogP contribution in [0, 0.1) is 13.8 Å². The zero-order valence-corrected chi connectivity index (χ0v) is 13.3. The Morgan fingerprint density at radius 3 is 2.57 bits per heavy atom. The van der Waals surface area contributed by atoms with Gasteiger partial charge in [-0.3, -0.25) is 4.79 Å². The van der Waals surface area contributed by atoms with Crippen LogP contribution in [-0.2, 0) is 11.3 Å². The van der Waals surface area contributed by atoms with E-state index in [1.54, 1.807) is 11.8 Å². The van der Waals surface area contributed by atoms with Crippen LogP contribution in [-0.4, -0.2) is 22.0 Å². The highest BCUT2D eigenvalue weighted by Gasteiger charge is 2.16. The molecule has 1 aromatic heterocycles. The minimum absolute atomic E-state index is 0.0427. The summed E-state index contributed by atoms with van der Waals surface area (Å²) in [6.07, 6.45) is 0. The normalized spacial score (nSPS) is 11.0. The minimum atomic E-state index is 0.0427. The van der Waals surface area contributed by atoms with Crippen molar-refractivity contribution in [3.8, 4) is 11.3 Å². The van der Waals surface area contributed by atoms with E-state index in [4.69, 9.17) is 4.52 Å². The van der Waals surface area contributed by atoms with Gasteiger partial charge in [0.05, 0.1) is 6.54 Å². The lowest BCUT2D eigenvalue weighted by Crippen LogP contribution is -2.34. The van der Waals surface area contributed by atoms with E-state index >= 15 is 0 Å². The highest BCUT2D eigenvalue weighted by atomic mass is 16.5. The van der Waals surface area contributed by atoms with Crippen molar-refractivity contribution >= 4 is 5.91 Å². The highest BCUT2D eigenvalue weighted by molar-refractivity contribution is 5.73. The molecule has 0 spiro atoms. The molecule has 0 bridgehead atoms. The van der Waals surface area contributed by atoms with Crippen molar-refractivity contribution in [3.05, 3.63) is 41.1 Å². The van der Waals surface area contributed by atoms with Gasteiger partial charge in [-0.2, -0.15) is 0 Å². The number of aromatic nitrogens is 1. The second kappa shape index (κ2) is 6.12. The molecule has 0 fully saturated rings. The first-order chi connectivity index (χ1) is 9.88. The van der Waals surface area contributed by atoms with E-state index in [0.717, 1.165) is 22.6 Å². The SMILES string of the molecule is CC(=O)N(Cc1cc(-c2ccc(C)cc2C)on1)C(C)C. The van der Waals surface area contributed by atoms with Gasteiger partial charge in [0.1, 0.15) is 5.69 Å². The Morgan fingerprint density at radius 1 is 1.29 bits per heavy atom. The number of hydrogen-bond donors (Lipinski definition) is 0. The van der Waals surface area contributed by atoms with Crippen LogP contribution >= 0.6 is 0 Å². The largest absolute Gasteiger partial charge is 0.356 e. The first-order valence-corrected chi connectivity index (χ1v) is 7.19. The summed E-state index contributed by atoms with van der Waals surface area (Å²) in [6, 6.07) is 8.27. The topological polar surface area (TPSA) is 46.3 Å². The van der Waals surface area contributed by atoms with Crippen molar-refractivity contribution in [2.75, 3.05) is 0 Å². The first-order valence-electron chi connectivity index (χ1n) is 7.19. The zero-order chi connectivity index (χ0) is 15.6. The molecule has 0 aliphatic carbocycles. The summed E-state index contributed by atoms with van der Waals surface area (Å²) >= 11 is 0. The molecule has 4 nitrogen and oxygen atoms in total. The summed E-state index contributed by atoms with van der Waals surface area (Å²) in [5.41, 5.74) is 4.19. The Balaban J connectivity index is 2.23.